The first kappa shape index (κ1) is 87.1. The van der Waals surface area contributed by atoms with Crippen LogP contribution < -0.4 is 0 Å². The molecule has 0 saturated heterocycles. The van der Waals surface area contributed by atoms with Gasteiger partial charge in [-0.3, -0.25) is 0 Å². The SMILES string of the molecule is C.CC(C)(C)c1ccc2c(c1)c1cc(-c3ccc4c(c3)c3ccccc3n4-c3ccccc3)ccc1n2-c1ccccc1.CC(C)(C)c1ccc2c(c1)c1ccccc1n2-c1ccc2c(c1)c1ccccc1n2-c1ccccc1.CC(C)(C)c1ccc2c3ccccc3n(-c3ccccc3)c2c1.CC(C)(C)c1cccc(-n2c3ccccc3c3cc(-n4c5ccccc5c5ccccc54)ccc32)c1. The second-order valence-corrected chi connectivity index (χ2v) is 40.9. The van der Waals surface area contributed by atoms with Gasteiger partial charge in [-0.05, 0) is 249 Å². The lowest BCUT2D eigenvalue weighted by Gasteiger charge is -2.20. The van der Waals surface area contributed by atoms with Gasteiger partial charge in [0.2, 0.25) is 0 Å². The highest BCUT2D eigenvalue weighted by Gasteiger charge is 2.26. The van der Waals surface area contributed by atoms with E-state index < -0.39 is 0 Å². The average molecular weight is 1790 g/mol. The molecule has 19 aromatic carbocycles. The van der Waals surface area contributed by atoms with Crippen molar-refractivity contribution in [2.75, 3.05) is 0 Å². The Morgan fingerprint density at radius 1 is 0.123 bits per heavy atom. The van der Waals surface area contributed by atoms with Crippen molar-refractivity contribution in [1.82, 2.24) is 32.0 Å². The van der Waals surface area contributed by atoms with E-state index in [1.165, 1.54) is 226 Å². The normalized spacial score (nSPS) is 12.1. The van der Waals surface area contributed by atoms with Gasteiger partial charge in [0, 0.05) is 115 Å². The van der Waals surface area contributed by atoms with Crippen LogP contribution in [0.25, 0.3) is 204 Å². The van der Waals surface area contributed by atoms with E-state index in [9.17, 15) is 0 Å². The highest BCUT2D eigenvalue weighted by molar-refractivity contribution is 6.17. The molecule has 0 fully saturated rings. The minimum atomic E-state index is 0. The molecule has 7 aromatic heterocycles. The summed E-state index contributed by atoms with van der Waals surface area (Å²) in [4.78, 5) is 0. The Hall–Kier alpha value is -16.2. The van der Waals surface area contributed by atoms with Gasteiger partial charge in [-0.2, -0.15) is 0 Å². The number of hydrogen-bond donors (Lipinski definition) is 0. The van der Waals surface area contributed by atoms with Gasteiger partial charge < -0.3 is 32.0 Å². The first-order valence-corrected chi connectivity index (χ1v) is 48.1. The fourth-order valence-corrected chi connectivity index (χ4v) is 21.2. The van der Waals surface area contributed by atoms with Gasteiger partial charge in [0.25, 0.3) is 0 Å². The van der Waals surface area contributed by atoms with Crippen molar-refractivity contribution in [3.05, 3.63) is 465 Å². The molecule has 0 unspecified atom stereocenters. The summed E-state index contributed by atoms with van der Waals surface area (Å²) in [5.41, 5.74) is 34.0. The van der Waals surface area contributed by atoms with Crippen LogP contribution in [0.4, 0.5) is 0 Å². The number of hydrogen-bond acceptors (Lipinski definition) is 0. The molecular weight excluding hydrogens is 1670 g/mol. The molecule has 7 heteroatoms. The first-order chi connectivity index (χ1) is 66.5. The van der Waals surface area contributed by atoms with Crippen LogP contribution in [0, 0.1) is 0 Å². The Morgan fingerprint density at radius 3 is 0.638 bits per heavy atom. The highest BCUT2D eigenvalue weighted by atomic mass is 15.0. The van der Waals surface area contributed by atoms with Crippen LogP contribution in [-0.2, 0) is 21.7 Å². The molecule has 0 spiro atoms. The average Bonchev–Trinajstić information content (AvgIpc) is 1.57. The van der Waals surface area contributed by atoms with E-state index in [1.54, 1.807) is 0 Å². The van der Waals surface area contributed by atoms with E-state index in [2.05, 4.69) is 558 Å². The molecule has 0 aliphatic heterocycles. The third-order valence-electron chi connectivity index (χ3n) is 28.2. The summed E-state index contributed by atoms with van der Waals surface area (Å²) in [6, 6.07) is 161. The van der Waals surface area contributed by atoms with Crippen molar-refractivity contribution in [2.24, 2.45) is 0 Å². The predicted octanol–water partition coefficient (Wildman–Crippen LogP) is 35.9. The Labute approximate surface area is 807 Å². The molecule has 0 radical (unpaired) electrons. The summed E-state index contributed by atoms with van der Waals surface area (Å²) >= 11 is 0. The molecule has 0 atom stereocenters. The molecule has 0 N–H and O–H groups in total. The molecule has 7 heterocycles. The van der Waals surface area contributed by atoms with Crippen LogP contribution in [0.1, 0.15) is 113 Å². The van der Waals surface area contributed by atoms with E-state index in [0.717, 1.165) is 0 Å². The second kappa shape index (κ2) is 34.3. The minimum absolute atomic E-state index is 0. The molecule has 672 valence electrons. The van der Waals surface area contributed by atoms with Gasteiger partial charge in [-0.1, -0.05) is 339 Å². The number of fused-ring (bicyclic) bond motifs is 21. The maximum atomic E-state index is 2.42. The molecule has 0 aliphatic carbocycles. The Morgan fingerprint density at radius 2 is 0.319 bits per heavy atom. The molecule has 0 saturated carbocycles. The van der Waals surface area contributed by atoms with E-state index in [4.69, 9.17) is 0 Å². The van der Waals surface area contributed by atoms with Crippen molar-refractivity contribution >= 4 is 153 Å². The van der Waals surface area contributed by atoms with Crippen molar-refractivity contribution in [3.63, 3.8) is 0 Å². The maximum absolute atomic E-state index is 2.42. The van der Waals surface area contributed by atoms with Crippen molar-refractivity contribution in [1.29, 1.82) is 0 Å². The van der Waals surface area contributed by atoms with Crippen LogP contribution in [-0.4, -0.2) is 32.0 Å². The topological polar surface area (TPSA) is 34.5 Å². The fraction of sp³-hybridized carbons (Fsp3) is 0.130. The Bertz CT molecular complexity index is 9120. The van der Waals surface area contributed by atoms with Gasteiger partial charge in [0.05, 0.1) is 77.2 Å². The van der Waals surface area contributed by atoms with E-state index in [-0.39, 0.29) is 29.1 Å². The lowest BCUT2D eigenvalue weighted by molar-refractivity contribution is 0.590. The van der Waals surface area contributed by atoms with Crippen LogP contribution in [0.3, 0.4) is 0 Å². The highest BCUT2D eigenvalue weighted by Crippen LogP contribution is 2.46. The summed E-state index contributed by atoms with van der Waals surface area (Å²) in [5.74, 6) is 0. The number of benzene rings is 19. The van der Waals surface area contributed by atoms with Gasteiger partial charge in [0.15, 0.2) is 0 Å². The maximum Gasteiger partial charge on any atom is 0.0544 e. The minimum Gasteiger partial charge on any atom is -0.309 e. The molecule has 0 aliphatic rings. The molecule has 26 aromatic rings. The van der Waals surface area contributed by atoms with Crippen molar-refractivity contribution in [2.45, 2.75) is 112 Å². The summed E-state index contributed by atoms with van der Waals surface area (Å²) in [7, 11) is 0. The monoisotopic (exact) mass is 1780 g/mol. The quantitative estimate of drug-likeness (QED) is 0.145. The summed E-state index contributed by atoms with van der Waals surface area (Å²) in [6.45, 7) is 27.3. The number of nitrogens with zero attached hydrogens (tertiary/aromatic N) is 7. The summed E-state index contributed by atoms with van der Waals surface area (Å²) in [6.07, 6.45) is 0. The molecule has 0 amide bonds. The Balaban J connectivity index is 0.000000108. The molecule has 0 bridgehead atoms. The van der Waals surface area contributed by atoms with E-state index in [0.29, 0.717) is 0 Å². The molecule has 26 rings (SSSR count). The summed E-state index contributed by atoms with van der Waals surface area (Å²) in [5, 5.41) is 18.0. The molecule has 7 nitrogen and oxygen atoms in total. The van der Waals surface area contributed by atoms with Crippen LogP contribution in [0.5, 0.6) is 0 Å². The number of para-hydroxylation sites is 11. The zero-order valence-corrected chi connectivity index (χ0v) is 79.8. The third kappa shape index (κ3) is 15.2. The zero-order chi connectivity index (χ0) is 93.3. The number of aromatic nitrogens is 7. The van der Waals surface area contributed by atoms with Crippen molar-refractivity contribution in [3.8, 4) is 50.9 Å². The smallest absolute Gasteiger partial charge is 0.0544 e. The lowest BCUT2D eigenvalue weighted by atomic mass is 9.86. The van der Waals surface area contributed by atoms with Crippen LogP contribution >= 0.6 is 0 Å². The largest absolute Gasteiger partial charge is 0.309 e. The van der Waals surface area contributed by atoms with Crippen molar-refractivity contribution < 1.29 is 0 Å². The molecule has 138 heavy (non-hydrogen) atoms. The number of rotatable bonds is 8. The Kier molecular flexibility index (Phi) is 21.7. The van der Waals surface area contributed by atoms with Gasteiger partial charge >= 0.3 is 0 Å². The van der Waals surface area contributed by atoms with E-state index >= 15 is 0 Å². The second-order valence-electron chi connectivity index (χ2n) is 40.9. The van der Waals surface area contributed by atoms with Gasteiger partial charge in [0.1, 0.15) is 0 Å². The van der Waals surface area contributed by atoms with Crippen LogP contribution in [0.2, 0.25) is 0 Å². The van der Waals surface area contributed by atoms with E-state index in [1.807, 2.05) is 0 Å². The lowest BCUT2D eigenvalue weighted by Crippen LogP contribution is -2.11. The first-order valence-electron chi connectivity index (χ1n) is 48.1. The fourth-order valence-electron chi connectivity index (χ4n) is 21.2. The zero-order valence-electron chi connectivity index (χ0n) is 79.8. The van der Waals surface area contributed by atoms with Crippen LogP contribution in [0.15, 0.2) is 443 Å². The predicted molar refractivity (Wildman–Crippen MR) is 593 cm³/mol. The third-order valence-corrected chi connectivity index (χ3v) is 28.2. The van der Waals surface area contributed by atoms with Gasteiger partial charge in [-0.25, -0.2) is 0 Å². The standard InChI is InChI=1S/C40H32N2.2C34H28N2.C22H21N.CH4/c1-40(2,3)29-20-23-39-35(26-29)34-25-28(19-22-38(34)42(39)31-14-8-5-9-15-31)27-18-21-37-33(24-27)32-16-10-11-17-36(32)41(37)30-12-6-4-7-13-30;1-34(2,3)23-11-10-12-24(21-23)35-32-18-9-6-15-28(32)29-22-25(19-20-33(29)35)36-30-16-7-4-13-26(30)27-14-5-8-17-31(27)36;1-34(2,3)23-17-19-32-28(21-23)26-13-7-10-16-31(26)36(32)25-18-20-33-29(22-25)27-14-8-9-15-30(27)35(33)24-11-5-4-6-12-24;1-22(2,3)16-13-14-19-18-11-7-8-12-20(18)23(21(19)15-16)17-9-5-4-6-10-17;/h4-26H,1-3H3;2*4-22H,1-3H3;4-15H,1-3H3;1H4. The molecular formula is C131H113N7. The summed E-state index contributed by atoms with van der Waals surface area (Å²) < 4.78 is 16.8. The van der Waals surface area contributed by atoms with Gasteiger partial charge in [-0.15, -0.1) is 0 Å².